The molecule has 0 N–H and O–H groups in total. The van der Waals surface area contributed by atoms with E-state index in [4.69, 9.17) is 0 Å². The molecule has 0 saturated heterocycles. The molecular weight excluding hydrogens is 312 g/mol. The summed E-state index contributed by atoms with van der Waals surface area (Å²) >= 11 is 0. The molecule has 0 unspecified atom stereocenters. The molecule has 0 spiro atoms. The molecule has 0 heterocycles. The average Bonchev–Trinajstić information content (AvgIpc) is 2.67. The van der Waals surface area contributed by atoms with Gasteiger partial charge in [0.05, 0.1) is 0 Å². The summed E-state index contributed by atoms with van der Waals surface area (Å²) in [6.07, 6.45) is 24.0. The third-order valence-corrected chi connectivity index (χ3v) is 6.42. The summed E-state index contributed by atoms with van der Waals surface area (Å²) in [5.41, 5.74) is 4.87. The lowest BCUT2D eigenvalue weighted by atomic mass is 9.88. The van der Waals surface area contributed by atoms with E-state index in [1.807, 2.05) is 0 Å². The van der Waals surface area contributed by atoms with Gasteiger partial charge < -0.3 is 0 Å². The highest BCUT2D eigenvalue weighted by molar-refractivity contribution is 5.33. The van der Waals surface area contributed by atoms with Gasteiger partial charge in [0.15, 0.2) is 0 Å². The van der Waals surface area contributed by atoms with Crippen molar-refractivity contribution in [3.05, 3.63) is 34.9 Å². The molecule has 0 bridgehead atoms. The molecule has 0 fully saturated rings. The summed E-state index contributed by atoms with van der Waals surface area (Å²) in [5.74, 6) is 1.01. The zero-order valence-corrected chi connectivity index (χ0v) is 17.8. The maximum atomic E-state index is 2.52. The maximum absolute atomic E-state index is 2.52. The van der Waals surface area contributed by atoms with Gasteiger partial charge >= 0.3 is 0 Å². The minimum Gasteiger partial charge on any atom is -0.0654 e. The second-order valence-corrected chi connectivity index (χ2v) is 8.77. The molecule has 2 rings (SSSR count). The van der Waals surface area contributed by atoms with E-state index < -0.39 is 0 Å². The Bertz CT molecular complexity index is 463. The van der Waals surface area contributed by atoms with E-state index in [-0.39, 0.29) is 0 Å². The van der Waals surface area contributed by atoms with Gasteiger partial charge in [0.2, 0.25) is 0 Å². The number of aryl methyl sites for hydroxylation is 3. The van der Waals surface area contributed by atoms with E-state index in [0.717, 1.165) is 5.92 Å². The van der Waals surface area contributed by atoms with Crippen molar-refractivity contribution in [2.75, 3.05) is 0 Å². The molecule has 0 aliphatic heterocycles. The lowest BCUT2D eigenvalue weighted by molar-refractivity contribution is 0.371. The van der Waals surface area contributed by atoms with E-state index in [0.29, 0.717) is 0 Å². The summed E-state index contributed by atoms with van der Waals surface area (Å²) in [6.45, 7) is 4.65. The summed E-state index contributed by atoms with van der Waals surface area (Å²) in [5, 5.41) is 0. The van der Waals surface area contributed by atoms with Crippen LogP contribution >= 0.6 is 0 Å². The predicted octanol–water partition coefficient (Wildman–Crippen LogP) is 8.45. The van der Waals surface area contributed by atoms with Crippen LogP contribution in [0.25, 0.3) is 0 Å². The van der Waals surface area contributed by atoms with Crippen molar-refractivity contribution in [2.24, 2.45) is 5.92 Å². The first-order valence-corrected chi connectivity index (χ1v) is 11.9. The van der Waals surface area contributed by atoms with Crippen LogP contribution < -0.4 is 0 Å². The molecule has 0 atom stereocenters. The number of hydrogen-bond donors (Lipinski definition) is 0. The Labute approximate surface area is 164 Å². The molecule has 1 aliphatic carbocycles. The minimum atomic E-state index is 1.01. The van der Waals surface area contributed by atoms with Crippen molar-refractivity contribution < 1.29 is 0 Å². The van der Waals surface area contributed by atoms with Crippen LogP contribution in [-0.2, 0) is 19.3 Å². The van der Waals surface area contributed by atoms with Crippen LogP contribution in [-0.4, -0.2) is 0 Å². The van der Waals surface area contributed by atoms with Crippen LogP contribution in [0.5, 0.6) is 0 Å². The zero-order chi connectivity index (χ0) is 18.5. The molecule has 0 saturated carbocycles. The van der Waals surface area contributed by atoms with E-state index in [9.17, 15) is 0 Å². The van der Waals surface area contributed by atoms with Gasteiger partial charge in [-0.25, -0.2) is 0 Å². The molecule has 1 aromatic rings. The van der Waals surface area contributed by atoms with Crippen LogP contribution in [0.2, 0.25) is 0 Å². The Morgan fingerprint density at radius 1 is 0.692 bits per heavy atom. The fourth-order valence-corrected chi connectivity index (χ4v) is 4.68. The van der Waals surface area contributed by atoms with E-state index in [2.05, 4.69) is 32.0 Å². The lowest BCUT2D eigenvalue weighted by Gasteiger charge is -2.17. The largest absolute Gasteiger partial charge is 0.0654 e. The normalized spacial score (nSPS) is 14.0. The van der Waals surface area contributed by atoms with Crippen LogP contribution in [0.15, 0.2) is 18.2 Å². The van der Waals surface area contributed by atoms with Gasteiger partial charge in [-0.1, -0.05) is 103 Å². The Hall–Kier alpha value is -0.780. The Morgan fingerprint density at radius 2 is 1.31 bits per heavy atom. The first kappa shape index (κ1) is 21.5. The molecule has 0 heteroatoms. The number of benzene rings is 1. The third-order valence-electron chi connectivity index (χ3n) is 6.42. The van der Waals surface area contributed by atoms with Crippen molar-refractivity contribution in [3.8, 4) is 0 Å². The van der Waals surface area contributed by atoms with Crippen molar-refractivity contribution in [1.82, 2.24) is 0 Å². The lowest BCUT2D eigenvalue weighted by Crippen LogP contribution is -2.03. The maximum Gasteiger partial charge on any atom is -0.0276 e. The molecule has 0 radical (unpaired) electrons. The summed E-state index contributed by atoms with van der Waals surface area (Å²) < 4.78 is 0. The van der Waals surface area contributed by atoms with Gasteiger partial charge in [-0.05, 0) is 61.1 Å². The van der Waals surface area contributed by atoms with E-state index in [1.165, 1.54) is 109 Å². The van der Waals surface area contributed by atoms with Crippen LogP contribution in [0.4, 0.5) is 0 Å². The number of fused-ring (bicyclic) bond motifs is 1. The van der Waals surface area contributed by atoms with E-state index in [1.54, 1.807) is 16.7 Å². The molecular formula is C26H44. The molecule has 0 nitrogen and oxygen atoms in total. The quantitative estimate of drug-likeness (QED) is 0.293. The summed E-state index contributed by atoms with van der Waals surface area (Å²) in [6, 6.07) is 7.34. The Balaban J connectivity index is 1.63. The number of rotatable bonds is 14. The van der Waals surface area contributed by atoms with Crippen LogP contribution in [0.1, 0.15) is 120 Å². The number of hydrogen-bond acceptors (Lipinski definition) is 0. The summed E-state index contributed by atoms with van der Waals surface area (Å²) in [4.78, 5) is 0. The zero-order valence-electron chi connectivity index (χ0n) is 17.8. The second kappa shape index (κ2) is 13.4. The van der Waals surface area contributed by atoms with Gasteiger partial charge in [-0.3, -0.25) is 0 Å². The molecule has 0 amide bonds. The fourth-order valence-electron chi connectivity index (χ4n) is 4.68. The minimum absolute atomic E-state index is 1.01. The molecule has 26 heavy (non-hydrogen) atoms. The Morgan fingerprint density at radius 3 is 1.96 bits per heavy atom. The van der Waals surface area contributed by atoms with Gasteiger partial charge in [0.1, 0.15) is 0 Å². The number of unbranched alkanes of at least 4 members (excludes halogenated alkanes) is 6. The van der Waals surface area contributed by atoms with Crippen molar-refractivity contribution in [2.45, 2.75) is 123 Å². The standard InChI is InChI=1S/C26H44/c1-3-5-8-14-23(15-9-6-4-2)16-10-7-11-17-24-20-21-25-18-12-13-19-26(25)22-24/h20-23H,3-19H2,1-2H3. The molecule has 0 aromatic heterocycles. The third kappa shape index (κ3) is 8.28. The van der Waals surface area contributed by atoms with Gasteiger partial charge in [-0.15, -0.1) is 0 Å². The summed E-state index contributed by atoms with van der Waals surface area (Å²) in [7, 11) is 0. The highest BCUT2D eigenvalue weighted by Gasteiger charge is 2.10. The van der Waals surface area contributed by atoms with Crippen molar-refractivity contribution in [1.29, 1.82) is 0 Å². The van der Waals surface area contributed by atoms with E-state index >= 15 is 0 Å². The average molecular weight is 357 g/mol. The molecule has 1 aliphatic rings. The van der Waals surface area contributed by atoms with Gasteiger partial charge in [-0.2, -0.15) is 0 Å². The molecule has 1 aromatic carbocycles. The highest BCUT2D eigenvalue weighted by atomic mass is 14.2. The Kier molecular flexibility index (Phi) is 11.1. The van der Waals surface area contributed by atoms with Gasteiger partial charge in [0, 0.05) is 0 Å². The van der Waals surface area contributed by atoms with Crippen LogP contribution in [0, 0.1) is 5.92 Å². The highest BCUT2D eigenvalue weighted by Crippen LogP contribution is 2.25. The molecule has 148 valence electrons. The SMILES string of the molecule is CCCCCC(CCCCC)CCCCCc1ccc2c(c1)CCCC2. The smallest absolute Gasteiger partial charge is 0.0276 e. The topological polar surface area (TPSA) is 0 Å². The van der Waals surface area contributed by atoms with Crippen molar-refractivity contribution >= 4 is 0 Å². The van der Waals surface area contributed by atoms with Crippen LogP contribution in [0.3, 0.4) is 0 Å². The first-order valence-electron chi connectivity index (χ1n) is 11.9. The second-order valence-electron chi connectivity index (χ2n) is 8.77. The monoisotopic (exact) mass is 356 g/mol. The first-order chi connectivity index (χ1) is 12.8. The van der Waals surface area contributed by atoms with Gasteiger partial charge in [0.25, 0.3) is 0 Å². The van der Waals surface area contributed by atoms with Crippen molar-refractivity contribution in [3.63, 3.8) is 0 Å². The fraction of sp³-hybridized carbons (Fsp3) is 0.769. The predicted molar refractivity (Wildman–Crippen MR) is 117 cm³/mol.